The van der Waals surface area contributed by atoms with E-state index in [1.165, 1.54) is 5.56 Å². The molecule has 3 N–H and O–H groups in total. The van der Waals surface area contributed by atoms with Crippen molar-refractivity contribution >= 4 is 22.6 Å². The van der Waals surface area contributed by atoms with E-state index in [0.717, 1.165) is 16.6 Å². The molecule has 1 aliphatic carbocycles. The number of amides is 1. The van der Waals surface area contributed by atoms with Crippen LogP contribution >= 0.6 is 0 Å². The number of hydrogen-bond acceptors (Lipinski definition) is 4. The molecule has 0 bridgehead atoms. The number of aliphatic hydroxyl groups is 1. The van der Waals surface area contributed by atoms with Crippen molar-refractivity contribution in [3.63, 3.8) is 0 Å². The molecule has 6 nitrogen and oxygen atoms in total. The molecule has 3 aromatic rings. The smallest absolute Gasteiger partial charge is 0.256 e. The number of aromatic nitrogens is 3. The summed E-state index contributed by atoms with van der Waals surface area (Å²) < 4.78 is 0. The molecule has 0 spiro atoms. The zero-order valence-electron chi connectivity index (χ0n) is 13.3. The van der Waals surface area contributed by atoms with Crippen LogP contribution in [0.3, 0.4) is 0 Å². The fraction of sp³-hybridized carbons (Fsp3) is 0.278. The first-order valence-electron chi connectivity index (χ1n) is 7.96. The van der Waals surface area contributed by atoms with Gasteiger partial charge >= 0.3 is 0 Å². The number of carbonyl (C=O) groups excluding carboxylic acids is 1. The first-order valence-corrected chi connectivity index (χ1v) is 7.96. The van der Waals surface area contributed by atoms with Gasteiger partial charge in [0.15, 0.2) is 5.65 Å². The van der Waals surface area contributed by atoms with Gasteiger partial charge in [0.2, 0.25) is 0 Å². The molecule has 122 valence electrons. The van der Waals surface area contributed by atoms with E-state index in [1.807, 2.05) is 37.3 Å². The molecule has 0 saturated carbocycles. The highest BCUT2D eigenvalue weighted by Gasteiger charge is 2.39. The van der Waals surface area contributed by atoms with E-state index in [4.69, 9.17) is 0 Å². The number of fused-ring (bicyclic) bond motifs is 2. The summed E-state index contributed by atoms with van der Waals surface area (Å²) in [6, 6.07) is 9.75. The van der Waals surface area contributed by atoms with Crippen molar-refractivity contribution in [3.8, 4) is 0 Å². The summed E-state index contributed by atoms with van der Waals surface area (Å²) in [6.45, 7) is 1.90. The minimum atomic E-state index is -1.39. The molecule has 0 fully saturated rings. The maximum atomic E-state index is 12.6. The Morgan fingerprint density at radius 1 is 1.33 bits per heavy atom. The molecule has 24 heavy (non-hydrogen) atoms. The Labute approximate surface area is 138 Å². The molecule has 1 aromatic carbocycles. The highest BCUT2D eigenvalue weighted by atomic mass is 16.3. The molecular formula is C18H18N4O2. The van der Waals surface area contributed by atoms with E-state index < -0.39 is 5.60 Å². The Morgan fingerprint density at radius 2 is 2.12 bits per heavy atom. The normalized spacial score (nSPS) is 19.9. The standard InChI is InChI=1S/C18H18N4O2/c1-11-15-8-14(10-19-16(15)22-21-11)20-17(23)18(24)7-6-12-4-2-3-5-13(12)9-18/h2-5,8,10,24H,6-7,9H2,1H3,(H,20,23)(H,19,21,22). The number of nitrogens with zero attached hydrogens (tertiary/aromatic N) is 2. The van der Waals surface area contributed by atoms with E-state index in [-0.39, 0.29) is 5.91 Å². The monoisotopic (exact) mass is 322 g/mol. The van der Waals surface area contributed by atoms with Gasteiger partial charge in [-0.15, -0.1) is 0 Å². The molecule has 0 radical (unpaired) electrons. The third kappa shape index (κ3) is 2.45. The van der Waals surface area contributed by atoms with Gasteiger partial charge in [-0.05, 0) is 37.0 Å². The van der Waals surface area contributed by atoms with Crippen molar-refractivity contribution in [2.45, 2.75) is 31.8 Å². The van der Waals surface area contributed by atoms with Crippen LogP contribution in [0.25, 0.3) is 11.0 Å². The molecule has 1 unspecified atom stereocenters. The lowest BCUT2D eigenvalue weighted by Gasteiger charge is -2.32. The third-order valence-corrected chi connectivity index (χ3v) is 4.69. The summed E-state index contributed by atoms with van der Waals surface area (Å²) in [4.78, 5) is 16.9. The fourth-order valence-corrected chi connectivity index (χ4v) is 3.25. The van der Waals surface area contributed by atoms with Crippen LogP contribution in [0.5, 0.6) is 0 Å². The molecule has 1 amide bonds. The topological polar surface area (TPSA) is 90.9 Å². The summed E-state index contributed by atoms with van der Waals surface area (Å²) in [5, 5.41) is 21.4. The van der Waals surface area contributed by atoms with Crippen LogP contribution in [0.15, 0.2) is 36.5 Å². The van der Waals surface area contributed by atoms with E-state index in [0.29, 0.717) is 30.6 Å². The van der Waals surface area contributed by atoms with E-state index in [2.05, 4.69) is 20.5 Å². The lowest BCUT2D eigenvalue weighted by Crippen LogP contribution is -2.47. The maximum absolute atomic E-state index is 12.6. The minimum absolute atomic E-state index is 0.329. The Balaban J connectivity index is 1.58. The number of hydrogen-bond donors (Lipinski definition) is 3. The highest BCUT2D eigenvalue weighted by Crippen LogP contribution is 2.30. The van der Waals surface area contributed by atoms with Gasteiger partial charge in [0, 0.05) is 17.5 Å². The van der Waals surface area contributed by atoms with Gasteiger partial charge < -0.3 is 10.4 Å². The zero-order chi connectivity index (χ0) is 16.7. The molecule has 1 aliphatic rings. The molecule has 1 atom stereocenters. The number of anilines is 1. The van der Waals surface area contributed by atoms with E-state index >= 15 is 0 Å². The zero-order valence-corrected chi connectivity index (χ0v) is 13.3. The van der Waals surface area contributed by atoms with Crippen molar-refractivity contribution in [2.75, 3.05) is 5.32 Å². The number of aromatic amines is 1. The van der Waals surface area contributed by atoms with Gasteiger partial charge in [-0.3, -0.25) is 9.89 Å². The largest absolute Gasteiger partial charge is 0.380 e. The highest BCUT2D eigenvalue weighted by molar-refractivity contribution is 5.98. The molecule has 0 aliphatic heterocycles. The number of aryl methyl sites for hydroxylation is 2. The van der Waals surface area contributed by atoms with Crippen LogP contribution in [0.1, 0.15) is 23.2 Å². The van der Waals surface area contributed by atoms with Gasteiger partial charge in [-0.1, -0.05) is 24.3 Å². The second kappa shape index (κ2) is 5.42. The van der Waals surface area contributed by atoms with Crippen LogP contribution in [-0.2, 0) is 17.6 Å². The van der Waals surface area contributed by atoms with Gasteiger partial charge in [0.25, 0.3) is 5.91 Å². The fourth-order valence-electron chi connectivity index (χ4n) is 3.25. The Bertz CT molecular complexity index is 934. The van der Waals surface area contributed by atoms with E-state index in [1.54, 1.807) is 6.20 Å². The number of nitrogens with one attached hydrogen (secondary N) is 2. The predicted molar refractivity (Wildman–Crippen MR) is 90.7 cm³/mol. The summed E-state index contributed by atoms with van der Waals surface area (Å²) in [6.07, 6.45) is 2.99. The average Bonchev–Trinajstić information content (AvgIpc) is 2.95. The van der Waals surface area contributed by atoms with Crippen molar-refractivity contribution < 1.29 is 9.90 Å². The number of carbonyl (C=O) groups is 1. The minimum Gasteiger partial charge on any atom is -0.380 e. The lowest BCUT2D eigenvalue weighted by atomic mass is 9.80. The summed E-state index contributed by atoms with van der Waals surface area (Å²) >= 11 is 0. The average molecular weight is 322 g/mol. The Morgan fingerprint density at radius 3 is 2.96 bits per heavy atom. The molecule has 4 rings (SSSR count). The van der Waals surface area contributed by atoms with Crippen molar-refractivity contribution in [3.05, 3.63) is 53.3 Å². The maximum Gasteiger partial charge on any atom is 0.256 e. The van der Waals surface area contributed by atoms with Crippen LogP contribution in [0.2, 0.25) is 0 Å². The molecule has 6 heteroatoms. The van der Waals surface area contributed by atoms with Crippen molar-refractivity contribution in [1.29, 1.82) is 0 Å². The van der Waals surface area contributed by atoms with Gasteiger partial charge in [0.05, 0.1) is 11.9 Å². The second-order valence-corrected chi connectivity index (χ2v) is 6.37. The van der Waals surface area contributed by atoms with Gasteiger partial charge in [-0.2, -0.15) is 5.10 Å². The number of H-pyrrole nitrogens is 1. The van der Waals surface area contributed by atoms with Gasteiger partial charge in [-0.25, -0.2) is 4.98 Å². The van der Waals surface area contributed by atoms with Crippen LogP contribution in [-0.4, -0.2) is 31.8 Å². The quantitative estimate of drug-likeness (QED) is 0.674. The van der Waals surface area contributed by atoms with Crippen molar-refractivity contribution in [1.82, 2.24) is 15.2 Å². The lowest BCUT2D eigenvalue weighted by molar-refractivity contribution is -0.135. The molecule has 0 saturated heterocycles. The summed E-state index contributed by atoms with van der Waals surface area (Å²) in [7, 11) is 0. The Kier molecular flexibility index (Phi) is 3.35. The molecular weight excluding hydrogens is 304 g/mol. The van der Waals surface area contributed by atoms with Crippen LogP contribution in [0.4, 0.5) is 5.69 Å². The predicted octanol–water partition coefficient (Wildman–Crippen LogP) is 2.12. The molecule has 2 aromatic heterocycles. The molecule has 2 heterocycles. The second-order valence-electron chi connectivity index (χ2n) is 6.37. The first-order chi connectivity index (χ1) is 11.5. The van der Waals surface area contributed by atoms with Crippen molar-refractivity contribution in [2.24, 2.45) is 0 Å². The number of pyridine rings is 1. The first kappa shape index (κ1) is 14.8. The van der Waals surface area contributed by atoms with Gasteiger partial charge in [0.1, 0.15) is 5.60 Å². The van der Waals surface area contributed by atoms with E-state index in [9.17, 15) is 9.90 Å². The summed E-state index contributed by atoms with van der Waals surface area (Å²) in [5.41, 5.74) is 2.89. The van der Waals surface area contributed by atoms with Crippen LogP contribution in [0, 0.1) is 6.92 Å². The third-order valence-electron chi connectivity index (χ3n) is 4.69. The van der Waals surface area contributed by atoms with Crippen LogP contribution < -0.4 is 5.32 Å². The Hall–Kier alpha value is -2.73. The number of benzene rings is 1. The SMILES string of the molecule is Cc1[nH]nc2ncc(NC(=O)C3(O)CCc4ccccc4C3)cc12. The number of rotatable bonds is 2. The summed E-state index contributed by atoms with van der Waals surface area (Å²) in [5.74, 6) is -0.390.